The number of benzene rings is 2. The maximum Gasteiger partial charge on any atom is 0.338 e. The van der Waals surface area contributed by atoms with E-state index in [0.717, 1.165) is 28.2 Å². The number of hydrogen-bond donors (Lipinski definition) is 1. The Balaban J connectivity index is 1.87. The van der Waals surface area contributed by atoms with Crippen molar-refractivity contribution >= 4 is 23.4 Å². The Kier molecular flexibility index (Phi) is 4.92. The summed E-state index contributed by atoms with van der Waals surface area (Å²) in [6.45, 7) is 4.08. The summed E-state index contributed by atoms with van der Waals surface area (Å²) in [7, 11) is 0. The first-order chi connectivity index (χ1) is 13.6. The smallest absolute Gasteiger partial charge is 0.338 e. The third-order valence-electron chi connectivity index (χ3n) is 4.75. The van der Waals surface area contributed by atoms with E-state index in [1.54, 1.807) is 13.1 Å². The number of anilines is 1. The van der Waals surface area contributed by atoms with Crippen LogP contribution in [0.4, 0.5) is 5.82 Å². The average molecular weight is 394 g/mol. The number of esters is 1. The minimum absolute atomic E-state index is 0.318. The van der Waals surface area contributed by atoms with Crippen LogP contribution < -0.4 is 5.32 Å². The van der Waals surface area contributed by atoms with Gasteiger partial charge in [0.2, 0.25) is 0 Å². The van der Waals surface area contributed by atoms with Crippen LogP contribution in [0.1, 0.15) is 24.2 Å². The van der Waals surface area contributed by atoms with Gasteiger partial charge in [-0.3, -0.25) is 0 Å². The second-order valence-electron chi connectivity index (χ2n) is 6.54. The zero-order valence-corrected chi connectivity index (χ0v) is 16.4. The van der Waals surface area contributed by atoms with Gasteiger partial charge in [-0.15, -0.1) is 0 Å². The molecular formula is C22H20ClN3O2. The van der Waals surface area contributed by atoms with Crippen LogP contribution in [0.2, 0.25) is 5.02 Å². The molecule has 0 aliphatic carbocycles. The zero-order valence-electron chi connectivity index (χ0n) is 15.6. The molecule has 6 heteroatoms. The molecular weight excluding hydrogens is 374 g/mol. The number of fused-ring (bicyclic) bond motifs is 1. The van der Waals surface area contributed by atoms with Crippen LogP contribution in [-0.2, 0) is 9.53 Å². The SMILES string of the molecule is CCOC(=O)C1=CNc2c(-c3ccc(Cl)cc3)c(C)nn2[C@@H]1c1ccccc1. The number of aromatic nitrogens is 2. The molecule has 0 bridgehead atoms. The summed E-state index contributed by atoms with van der Waals surface area (Å²) in [4.78, 5) is 12.6. The van der Waals surface area contributed by atoms with Crippen LogP contribution in [0.5, 0.6) is 0 Å². The number of ether oxygens (including phenoxy) is 1. The highest BCUT2D eigenvalue weighted by atomic mass is 35.5. The van der Waals surface area contributed by atoms with E-state index < -0.39 is 0 Å². The maximum absolute atomic E-state index is 12.6. The number of carbonyl (C=O) groups is 1. The van der Waals surface area contributed by atoms with Gasteiger partial charge in [0, 0.05) is 16.8 Å². The number of hydrogen-bond acceptors (Lipinski definition) is 4. The molecule has 4 rings (SSSR count). The first kappa shape index (κ1) is 18.3. The molecule has 0 spiro atoms. The third kappa shape index (κ3) is 3.18. The van der Waals surface area contributed by atoms with Crippen molar-refractivity contribution in [1.29, 1.82) is 0 Å². The summed E-state index contributed by atoms with van der Waals surface area (Å²) in [6.07, 6.45) is 1.73. The minimum Gasteiger partial charge on any atom is -0.463 e. The van der Waals surface area contributed by atoms with Crippen molar-refractivity contribution in [3.8, 4) is 11.1 Å². The number of nitrogens with zero attached hydrogens (tertiary/aromatic N) is 2. The summed E-state index contributed by atoms with van der Waals surface area (Å²) in [5.41, 5.74) is 4.34. The fraction of sp³-hybridized carbons (Fsp3) is 0.182. The Hall–Kier alpha value is -3.05. The van der Waals surface area contributed by atoms with Crippen molar-refractivity contribution in [1.82, 2.24) is 9.78 Å². The van der Waals surface area contributed by atoms with Crippen molar-refractivity contribution in [2.24, 2.45) is 0 Å². The monoisotopic (exact) mass is 393 g/mol. The van der Waals surface area contributed by atoms with Crippen LogP contribution in [0, 0.1) is 6.92 Å². The van der Waals surface area contributed by atoms with Gasteiger partial charge in [0.05, 0.1) is 17.9 Å². The molecule has 2 aromatic carbocycles. The van der Waals surface area contributed by atoms with Crippen molar-refractivity contribution < 1.29 is 9.53 Å². The van der Waals surface area contributed by atoms with E-state index in [1.807, 2.05) is 66.2 Å². The largest absolute Gasteiger partial charge is 0.463 e. The molecule has 1 aliphatic heterocycles. The zero-order chi connectivity index (χ0) is 19.7. The molecule has 5 nitrogen and oxygen atoms in total. The van der Waals surface area contributed by atoms with E-state index in [0.29, 0.717) is 17.2 Å². The normalized spacial score (nSPS) is 15.4. The van der Waals surface area contributed by atoms with E-state index in [1.165, 1.54) is 0 Å². The predicted octanol–water partition coefficient (Wildman–Crippen LogP) is 4.97. The molecule has 28 heavy (non-hydrogen) atoms. The lowest BCUT2D eigenvalue weighted by molar-refractivity contribution is -0.139. The van der Waals surface area contributed by atoms with Crippen LogP contribution >= 0.6 is 11.6 Å². The van der Waals surface area contributed by atoms with Crippen molar-refractivity contribution in [2.75, 3.05) is 11.9 Å². The van der Waals surface area contributed by atoms with Gasteiger partial charge in [-0.1, -0.05) is 54.1 Å². The van der Waals surface area contributed by atoms with Crippen LogP contribution in [0.15, 0.2) is 66.4 Å². The van der Waals surface area contributed by atoms with Gasteiger partial charge in [-0.05, 0) is 37.1 Å². The topological polar surface area (TPSA) is 56.1 Å². The molecule has 0 unspecified atom stereocenters. The molecule has 0 saturated heterocycles. The molecule has 2 heterocycles. The summed E-state index contributed by atoms with van der Waals surface area (Å²) in [5.74, 6) is 0.484. The fourth-order valence-electron chi connectivity index (χ4n) is 3.53. The Morgan fingerprint density at radius 3 is 2.57 bits per heavy atom. The number of carbonyl (C=O) groups excluding carboxylic acids is 1. The molecule has 1 N–H and O–H groups in total. The van der Waals surface area contributed by atoms with Gasteiger partial charge in [0.1, 0.15) is 11.9 Å². The fourth-order valence-corrected chi connectivity index (χ4v) is 3.66. The van der Waals surface area contributed by atoms with Gasteiger partial charge in [-0.2, -0.15) is 5.10 Å². The molecule has 1 atom stereocenters. The molecule has 1 aliphatic rings. The highest BCUT2D eigenvalue weighted by Crippen LogP contribution is 2.40. The molecule has 0 saturated carbocycles. The molecule has 142 valence electrons. The third-order valence-corrected chi connectivity index (χ3v) is 5.00. The van der Waals surface area contributed by atoms with Crippen molar-refractivity contribution in [3.05, 3.63) is 82.7 Å². The van der Waals surface area contributed by atoms with Gasteiger partial charge in [-0.25, -0.2) is 9.48 Å². The quantitative estimate of drug-likeness (QED) is 0.635. The Labute approximate surface area is 168 Å². The summed E-state index contributed by atoms with van der Waals surface area (Å²) >= 11 is 6.05. The lowest BCUT2D eigenvalue weighted by Crippen LogP contribution is -2.27. The lowest BCUT2D eigenvalue weighted by atomic mass is 9.97. The van der Waals surface area contributed by atoms with Crippen LogP contribution in [0.3, 0.4) is 0 Å². The molecule has 1 aromatic heterocycles. The van der Waals surface area contributed by atoms with Crippen molar-refractivity contribution in [3.63, 3.8) is 0 Å². The summed E-state index contributed by atoms with van der Waals surface area (Å²) in [6, 6.07) is 17.1. The van der Waals surface area contributed by atoms with E-state index in [4.69, 9.17) is 21.4 Å². The molecule has 0 radical (unpaired) electrons. The summed E-state index contributed by atoms with van der Waals surface area (Å²) < 4.78 is 7.14. The number of rotatable bonds is 4. The first-order valence-electron chi connectivity index (χ1n) is 9.14. The van der Waals surface area contributed by atoms with E-state index >= 15 is 0 Å². The van der Waals surface area contributed by atoms with Gasteiger partial charge >= 0.3 is 5.97 Å². The minimum atomic E-state index is -0.365. The molecule has 0 amide bonds. The van der Waals surface area contributed by atoms with Gasteiger partial charge in [0.15, 0.2) is 0 Å². The molecule has 0 fully saturated rings. The average Bonchev–Trinajstić information content (AvgIpc) is 3.04. The van der Waals surface area contributed by atoms with Gasteiger partial charge in [0.25, 0.3) is 0 Å². The lowest BCUT2D eigenvalue weighted by Gasteiger charge is -2.26. The van der Waals surface area contributed by atoms with E-state index in [9.17, 15) is 4.79 Å². The van der Waals surface area contributed by atoms with E-state index in [-0.39, 0.29) is 12.0 Å². The van der Waals surface area contributed by atoms with E-state index in [2.05, 4.69) is 5.32 Å². The van der Waals surface area contributed by atoms with Gasteiger partial charge < -0.3 is 10.1 Å². The standard InChI is InChI=1S/C22H20ClN3O2/c1-3-28-22(27)18-13-24-21-19(15-9-11-17(23)12-10-15)14(2)25-26(21)20(18)16-7-5-4-6-8-16/h4-13,20,24H,3H2,1-2H3/t20-/m1/s1. The highest BCUT2D eigenvalue weighted by molar-refractivity contribution is 6.30. The Morgan fingerprint density at radius 2 is 1.89 bits per heavy atom. The Bertz CT molecular complexity index is 1040. The Morgan fingerprint density at radius 1 is 1.18 bits per heavy atom. The predicted molar refractivity (Wildman–Crippen MR) is 110 cm³/mol. The summed E-state index contributed by atoms with van der Waals surface area (Å²) in [5, 5.41) is 8.71. The molecule has 3 aromatic rings. The first-order valence-corrected chi connectivity index (χ1v) is 9.51. The second kappa shape index (κ2) is 7.52. The number of halogens is 1. The highest BCUT2D eigenvalue weighted by Gasteiger charge is 2.33. The van der Waals surface area contributed by atoms with Crippen LogP contribution in [0.25, 0.3) is 11.1 Å². The second-order valence-corrected chi connectivity index (χ2v) is 6.97. The maximum atomic E-state index is 12.6. The number of aryl methyl sites for hydroxylation is 1. The number of nitrogens with one attached hydrogen (secondary N) is 1. The van der Waals surface area contributed by atoms with Crippen LogP contribution in [-0.4, -0.2) is 22.4 Å². The van der Waals surface area contributed by atoms with Crippen molar-refractivity contribution in [2.45, 2.75) is 19.9 Å².